The molecule has 1 aromatic heterocycles. The number of halogens is 1. The van der Waals surface area contributed by atoms with Crippen LogP contribution in [-0.2, 0) is 0 Å². The van der Waals surface area contributed by atoms with Crippen LogP contribution in [0, 0.1) is 11.0 Å². The Hall–Kier alpha value is -1.04. The molecule has 2 rings (SSSR count). The van der Waals surface area contributed by atoms with Gasteiger partial charge < -0.3 is 15.6 Å². The van der Waals surface area contributed by atoms with Crippen molar-refractivity contribution < 1.29 is 9.45 Å². The fourth-order valence-corrected chi connectivity index (χ4v) is 1.65. The first kappa shape index (κ1) is 9.51. The number of nitrogens with one attached hydrogen (secondary N) is 2. The highest BCUT2D eigenvalue weighted by atomic mass is 19.1. The number of rotatable bonds is 1. The van der Waals surface area contributed by atoms with Crippen molar-refractivity contribution in [1.29, 1.82) is 0 Å². The highest BCUT2D eigenvalue weighted by Gasteiger charge is 2.25. The Morgan fingerprint density at radius 2 is 2.50 bits per heavy atom. The van der Waals surface area contributed by atoms with Crippen LogP contribution in [-0.4, -0.2) is 24.6 Å². The van der Waals surface area contributed by atoms with Gasteiger partial charge in [0.2, 0.25) is 0 Å². The molecule has 0 aliphatic carbocycles. The van der Waals surface area contributed by atoms with E-state index in [0.29, 0.717) is 19.6 Å². The molecule has 0 saturated carbocycles. The molecule has 14 heavy (non-hydrogen) atoms. The minimum atomic E-state index is -0.412. The Balaban J connectivity index is 2.25. The fraction of sp³-hybridized carbons (Fsp3) is 0.444. The molecule has 76 valence electrons. The van der Waals surface area contributed by atoms with Gasteiger partial charge in [0.25, 0.3) is 0 Å². The van der Waals surface area contributed by atoms with E-state index >= 15 is 0 Å². The third kappa shape index (κ3) is 1.75. The van der Waals surface area contributed by atoms with Crippen LogP contribution < -0.4 is 10.4 Å². The molecule has 0 radical (unpaired) electrons. The maximum absolute atomic E-state index is 13.3. The molecule has 1 aliphatic rings. The van der Waals surface area contributed by atoms with Crippen molar-refractivity contribution in [3.63, 3.8) is 0 Å². The predicted octanol–water partition coefficient (Wildman–Crippen LogP) is -0.752. The molecule has 4 nitrogen and oxygen atoms in total. The van der Waals surface area contributed by atoms with Gasteiger partial charge in [-0.05, 0) is 12.1 Å². The molecule has 2 heterocycles. The number of hydrogen-bond donors (Lipinski definition) is 2. The van der Waals surface area contributed by atoms with E-state index in [1.54, 1.807) is 0 Å². The summed E-state index contributed by atoms with van der Waals surface area (Å²) in [7, 11) is 0. The maximum atomic E-state index is 13.3. The molecule has 0 amide bonds. The molecule has 2 unspecified atom stereocenters. The lowest BCUT2D eigenvalue weighted by Gasteiger charge is -2.35. The number of pyridine rings is 1. The largest absolute Gasteiger partial charge is 0.634 e. The average molecular weight is 197 g/mol. The van der Waals surface area contributed by atoms with Crippen LogP contribution in [0.5, 0.6) is 0 Å². The Bertz CT molecular complexity index is 321. The molecular formula is C9H12FN3O. The van der Waals surface area contributed by atoms with Gasteiger partial charge in [0.1, 0.15) is 11.7 Å². The first-order chi connectivity index (χ1) is 6.79. The van der Waals surface area contributed by atoms with Gasteiger partial charge in [0.05, 0.1) is 13.1 Å². The zero-order valence-electron chi connectivity index (χ0n) is 7.66. The molecule has 2 N–H and O–H groups in total. The zero-order valence-corrected chi connectivity index (χ0v) is 7.66. The second-order valence-electron chi connectivity index (χ2n) is 3.34. The van der Waals surface area contributed by atoms with E-state index in [4.69, 9.17) is 0 Å². The van der Waals surface area contributed by atoms with E-state index < -0.39 is 11.9 Å². The van der Waals surface area contributed by atoms with Crippen LogP contribution in [0.2, 0.25) is 0 Å². The number of nitrogens with zero attached hydrogens (tertiary/aromatic N) is 1. The molecule has 0 aromatic carbocycles. The van der Waals surface area contributed by atoms with Crippen molar-refractivity contribution in [3.05, 3.63) is 35.0 Å². The SMILES string of the molecule is [O-][NH+]1CCNCC1c1ncccc1F. The normalized spacial score (nSPS) is 27.6. The van der Waals surface area contributed by atoms with Crippen molar-refractivity contribution in [2.45, 2.75) is 6.04 Å². The summed E-state index contributed by atoms with van der Waals surface area (Å²) in [6, 6.07) is 2.45. The average Bonchev–Trinajstić information content (AvgIpc) is 2.20. The number of piperazine rings is 1. The fourth-order valence-electron chi connectivity index (χ4n) is 1.65. The van der Waals surface area contributed by atoms with Crippen molar-refractivity contribution in [2.75, 3.05) is 19.6 Å². The summed E-state index contributed by atoms with van der Waals surface area (Å²) in [5, 5.41) is 14.6. The van der Waals surface area contributed by atoms with Crippen LogP contribution in [0.1, 0.15) is 11.7 Å². The molecule has 0 spiro atoms. The molecule has 5 heteroatoms. The van der Waals surface area contributed by atoms with Gasteiger partial charge in [-0.3, -0.25) is 4.98 Å². The molecule has 1 aromatic rings. The zero-order chi connectivity index (χ0) is 9.97. The van der Waals surface area contributed by atoms with E-state index in [2.05, 4.69) is 10.3 Å². The second kappa shape index (κ2) is 4.00. The first-order valence-electron chi connectivity index (χ1n) is 4.63. The Kier molecular flexibility index (Phi) is 2.72. The van der Waals surface area contributed by atoms with Gasteiger partial charge in [0.15, 0.2) is 5.82 Å². The van der Waals surface area contributed by atoms with E-state index in [1.807, 2.05) is 0 Å². The second-order valence-corrected chi connectivity index (χ2v) is 3.34. The summed E-state index contributed by atoms with van der Waals surface area (Å²) < 4.78 is 13.3. The number of hydroxylamine groups is 2. The lowest BCUT2D eigenvalue weighted by Crippen LogP contribution is -3.10. The number of hydrogen-bond acceptors (Lipinski definition) is 3. The quantitative estimate of drug-likeness (QED) is 0.582. The van der Waals surface area contributed by atoms with E-state index in [0.717, 1.165) is 0 Å². The summed E-state index contributed by atoms with van der Waals surface area (Å²) in [4.78, 5) is 3.92. The maximum Gasteiger partial charge on any atom is 0.150 e. The van der Waals surface area contributed by atoms with E-state index in [9.17, 15) is 9.60 Å². The van der Waals surface area contributed by atoms with Crippen LogP contribution in [0.25, 0.3) is 0 Å². The Morgan fingerprint density at radius 1 is 1.64 bits per heavy atom. The number of aromatic nitrogens is 1. The predicted molar refractivity (Wildman–Crippen MR) is 49.0 cm³/mol. The lowest BCUT2D eigenvalue weighted by atomic mass is 10.1. The Morgan fingerprint density at radius 3 is 3.21 bits per heavy atom. The number of quaternary nitrogens is 1. The Labute approximate surface area is 81.3 Å². The third-order valence-corrected chi connectivity index (χ3v) is 2.40. The van der Waals surface area contributed by atoms with Gasteiger partial charge in [-0.1, -0.05) is 0 Å². The molecule has 2 atom stereocenters. The summed E-state index contributed by atoms with van der Waals surface area (Å²) in [6.07, 6.45) is 1.51. The molecule has 1 saturated heterocycles. The summed E-state index contributed by atoms with van der Waals surface area (Å²) in [5.41, 5.74) is 0.268. The topological polar surface area (TPSA) is 52.4 Å². The van der Waals surface area contributed by atoms with Crippen LogP contribution in [0.15, 0.2) is 18.3 Å². The third-order valence-electron chi connectivity index (χ3n) is 2.40. The van der Waals surface area contributed by atoms with Crippen LogP contribution >= 0.6 is 0 Å². The first-order valence-corrected chi connectivity index (χ1v) is 4.63. The van der Waals surface area contributed by atoms with Gasteiger partial charge in [-0.15, -0.1) is 0 Å². The monoisotopic (exact) mass is 197 g/mol. The summed E-state index contributed by atoms with van der Waals surface area (Å²) >= 11 is 0. The molecule has 0 bridgehead atoms. The van der Waals surface area contributed by atoms with E-state index in [-0.39, 0.29) is 10.8 Å². The molecule has 1 aliphatic heterocycles. The standard InChI is InChI=1S/C9H12FN3O/c10-7-2-1-3-12-9(7)8-6-11-4-5-13(8)14/h1-3,8,11,13H,4-6H2. The van der Waals surface area contributed by atoms with Crippen molar-refractivity contribution in [1.82, 2.24) is 10.3 Å². The van der Waals surface area contributed by atoms with Crippen molar-refractivity contribution in [2.24, 2.45) is 0 Å². The molecular weight excluding hydrogens is 185 g/mol. The van der Waals surface area contributed by atoms with Crippen molar-refractivity contribution in [3.8, 4) is 0 Å². The van der Waals surface area contributed by atoms with Gasteiger partial charge in [-0.2, -0.15) is 0 Å². The van der Waals surface area contributed by atoms with Crippen molar-refractivity contribution >= 4 is 0 Å². The summed E-state index contributed by atoms with van der Waals surface area (Å²) in [5.74, 6) is -0.394. The smallest absolute Gasteiger partial charge is 0.150 e. The minimum absolute atomic E-state index is 0.0707. The lowest BCUT2D eigenvalue weighted by molar-refractivity contribution is -0.884. The minimum Gasteiger partial charge on any atom is -0.634 e. The summed E-state index contributed by atoms with van der Waals surface area (Å²) in [6.45, 7) is 1.64. The van der Waals surface area contributed by atoms with Crippen LogP contribution in [0.4, 0.5) is 4.39 Å². The molecule has 1 fully saturated rings. The highest BCUT2D eigenvalue weighted by Crippen LogP contribution is 2.11. The van der Waals surface area contributed by atoms with Gasteiger partial charge in [0, 0.05) is 12.7 Å². The van der Waals surface area contributed by atoms with Gasteiger partial charge >= 0.3 is 0 Å². The van der Waals surface area contributed by atoms with E-state index in [1.165, 1.54) is 18.3 Å². The van der Waals surface area contributed by atoms with Crippen LogP contribution in [0.3, 0.4) is 0 Å². The highest BCUT2D eigenvalue weighted by molar-refractivity contribution is 5.10. The van der Waals surface area contributed by atoms with Gasteiger partial charge in [-0.25, -0.2) is 4.39 Å².